The van der Waals surface area contributed by atoms with E-state index in [4.69, 9.17) is 4.84 Å². The fourth-order valence-corrected chi connectivity index (χ4v) is 0.648. The number of aliphatic imine (C=N–C) groups is 1. The van der Waals surface area contributed by atoms with Crippen LogP contribution in [0.1, 0.15) is 20.8 Å². The van der Waals surface area contributed by atoms with Gasteiger partial charge in [-0.1, -0.05) is 0 Å². The molecule has 0 aliphatic carbocycles. The van der Waals surface area contributed by atoms with Gasteiger partial charge in [-0.05, 0) is 20.8 Å². The van der Waals surface area contributed by atoms with Crippen molar-refractivity contribution in [3.63, 3.8) is 0 Å². The largest absolute Gasteiger partial charge is 0.251 e. The van der Waals surface area contributed by atoms with Crippen molar-refractivity contribution in [1.29, 1.82) is 0 Å². The zero-order valence-electron chi connectivity index (χ0n) is 5.36. The van der Waals surface area contributed by atoms with Crippen LogP contribution in [-0.4, -0.2) is 11.6 Å². The van der Waals surface area contributed by atoms with Crippen LogP contribution in [0.15, 0.2) is 4.99 Å². The van der Waals surface area contributed by atoms with Gasteiger partial charge in [-0.25, -0.2) is 9.83 Å². The van der Waals surface area contributed by atoms with Crippen molar-refractivity contribution in [2.45, 2.75) is 26.5 Å². The number of nitrogens with one attached hydrogen (secondary N) is 1. The lowest BCUT2D eigenvalue weighted by atomic mass is 10.3. The summed E-state index contributed by atoms with van der Waals surface area (Å²) in [7, 11) is 0. The number of hydrogen-bond acceptors (Lipinski definition) is 3. The van der Waals surface area contributed by atoms with Crippen molar-refractivity contribution in [1.82, 2.24) is 5.48 Å². The lowest BCUT2D eigenvalue weighted by molar-refractivity contribution is -0.0271. The van der Waals surface area contributed by atoms with Crippen LogP contribution in [0.2, 0.25) is 0 Å². The second-order valence-electron chi connectivity index (χ2n) is 2.35. The number of amidine groups is 1. The van der Waals surface area contributed by atoms with E-state index in [9.17, 15) is 0 Å². The number of nitrogens with zero attached hydrogens (tertiary/aromatic N) is 1. The minimum Gasteiger partial charge on any atom is -0.251 e. The van der Waals surface area contributed by atoms with E-state index in [0.717, 1.165) is 5.84 Å². The summed E-state index contributed by atoms with van der Waals surface area (Å²) in [4.78, 5) is 9.10. The van der Waals surface area contributed by atoms with Gasteiger partial charge in [0, 0.05) is 0 Å². The molecule has 0 unspecified atom stereocenters. The second-order valence-corrected chi connectivity index (χ2v) is 2.35. The van der Waals surface area contributed by atoms with Gasteiger partial charge in [0.15, 0.2) is 5.72 Å². The molecule has 0 aromatic heterocycles. The molecule has 0 radical (unpaired) electrons. The summed E-state index contributed by atoms with van der Waals surface area (Å²) in [6.07, 6.45) is 0. The monoisotopic (exact) mass is 114 g/mol. The summed E-state index contributed by atoms with van der Waals surface area (Å²) >= 11 is 0. The zero-order chi connectivity index (χ0) is 6.20. The summed E-state index contributed by atoms with van der Waals surface area (Å²) in [5.41, 5.74) is 2.30. The molecule has 1 heterocycles. The Labute approximate surface area is 48.7 Å². The molecule has 0 bridgehead atoms. The molecule has 0 fully saturated rings. The molecule has 1 N–H and O–H groups in total. The molecule has 3 heteroatoms. The molecule has 8 heavy (non-hydrogen) atoms. The van der Waals surface area contributed by atoms with Crippen molar-refractivity contribution in [2.24, 2.45) is 4.99 Å². The molecule has 0 spiro atoms. The van der Waals surface area contributed by atoms with E-state index >= 15 is 0 Å². The minimum absolute atomic E-state index is 0.357. The minimum atomic E-state index is -0.357. The van der Waals surface area contributed by atoms with Crippen LogP contribution in [0.5, 0.6) is 0 Å². The average Bonchev–Trinajstić information content (AvgIpc) is 1.82. The van der Waals surface area contributed by atoms with Gasteiger partial charge in [0.25, 0.3) is 0 Å². The normalized spacial score (nSPS) is 24.6. The van der Waals surface area contributed by atoms with Crippen molar-refractivity contribution in [3.8, 4) is 0 Å². The van der Waals surface area contributed by atoms with E-state index in [1.165, 1.54) is 0 Å². The maximum Gasteiger partial charge on any atom is 0.181 e. The highest BCUT2D eigenvalue weighted by molar-refractivity contribution is 5.79. The first-order valence-electron chi connectivity index (χ1n) is 2.61. The van der Waals surface area contributed by atoms with Crippen LogP contribution in [0.4, 0.5) is 0 Å². The van der Waals surface area contributed by atoms with Crippen LogP contribution < -0.4 is 5.48 Å². The van der Waals surface area contributed by atoms with Gasteiger partial charge in [-0.15, -0.1) is 0 Å². The lowest BCUT2D eigenvalue weighted by Gasteiger charge is -2.09. The predicted octanol–water partition coefficient (Wildman–Crippen LogP) is 0.676. The number of hydroxylamine groups is 1. The van der Waals surface area contributed by atoms with Gasteiger partial charge in [0.05, 0.1) is 0 Å². The van der Waals surface area contributed by atoms with Crippen molar-refractivity contribution in [3.05, 3.63) is 0 Å². The van der Waals surface area contributed by atoms with E-state index in [2.05, 4.69) is 10.5 Å². The molecule has 1 aliphatic heterocycles. The maximum absolute atomic E-state index is 5.00. The molecule has 1 aliphatic rings. The van der Waals surface area contributed by atoms with Crippen molar-refractivity contribution < 1.29 is 4.84 Å². The van der Waals surface area contributed by atoms with E-state index in [0.29, 0.717) is 0 Å². The van der Waals surface area contributed by atoms with Crippen LogP contribution in [0, 0.1) is 0 Å². The van der Waals surface area contributed by atoms with Crippen LogP contribution in [0.3, 0.4) is 0 Å². The maximum atomic E-state index is 5.00. The SMILES string of the molecule is CC1=NC(C)(C)ON1. The molecule has 0 atom stereocenters. The molecule has 46 valence electrons. The van der Waals surface area contributed by atoms with Gasteiger partial charge in [-0.2, -0.15) is 0 Å². The smallest absolute Gasteiger partial charge is 0.181 e. The molecular formula is C5H10N2O. The highest BCUT2D eigenvalue weighted by Crippen LogP contribution is 2.13. The van der Waals surface area contributed by atoms with Gasteiger partial charge < -0.3 is 0 Å². The average molecular weight is 114 g/mol. The quantitative estimate of drug-likeness (QED) is 0.502. The Balaban J connectivity index is 2.67. The zero-order valence-corrected chi connectivity index (χ0v) is 5.36. The molecule has 0 aromatic rings. The lowest BCUT2D eigenvalue weighted by Crippen LogP contribution is -2.21. The van der Waals surface area contributed by atoms with Gasteiger partial charge >= 0.3 is 0 Å². The molecule has 0 saturated carbocycles. The van der Waals surface area contributed by atoms with Gasteiger partial charge in [0.2, 0.25) is 0 Å². The first kappa shape index (κ1) is 5.56. The van der Waals surface area contributed by atoms with E-state index in [1.54, 1.807) is 0 Å². The van der Waals surface area contributed by atoms with Crippen LogP contribution in [-0.2, 0) is 4.84 Å². The van der Waals surface area contributed by atoms with Crippen molar-refractivity contribution >= 4 is 5.84 Å². The third-order valence-electron chi connectivity index (χ3n) is 0.885. The van der Waals surface area contributed by atoms with Crippen LogP contribution >= 0.6 is 0 Å². The van der Waals surface area contributed by atoms with Crippen LogP contribution in [0.25, 0.3) is 0 Å². The standard InChI is InChI=1S/C5H10N2O/c1-4-6-5(2,3)8-7-4/h1-3H3,(H,6,7). The van der Waals surface area contributed by atoms with E-state index < -0.39 is 0 Å². The Morgan fingerprint density at radius 3 is 2.38 bits per heavy atom. The van der Waals surface area contributed by atoms with E-state index in [1.807, 2.05) is 20.8 Å². The summed E-state index contributed by atoms with van der Waals surface area (Å²) in [6.45, 7) is 5.67. The highest BCUT2D eigenvalue weighted by atomic mass is 16.7. The summed E-state index contributed by atoms with van der Waals surface area (Å²) in [5, 5.41) is 0. The first-order chi connectivity index (χ1) is 3.60. The van der Waals surface area contributed by atoms with Gasteiger partial charge in [-0.3, -0.25) is 5.48 Å². The molecule has 3 nitrogen and oxygen atoms in total. The summed E-state index contributed by atoms with van der Waals surface area (Å²) in [6, 6.07) is 0. The Morgan fingerprint density at radius 1 is 1.62 bits per heavy atom. The van der Waals surface area contributed by atoms with Crippen molar-refractivity contribution in [2.75, 3.05) is 0 Å². The third kappa shape index (κ3) is 0.980. The summed E-state index contributed by atoms with van der Waals surface area (Å²) < 4.78 is 0. The fourth-order valence-electron chi connectivity index (χ4n) is 0.648. The topological polar surface area (TPSA) is 33.6 Å². The summed E-state index contributed by atoms with van der Waals surface area (Å²) in [5.74, 6) is 0.843. The molecule has 0 amide bonds. The molecular weight excluding hydrogens is 104 g/mol. The highest BCUT2D eigenvalue weighted by Gasteiger charge is 2.22. The second kappa shape index (κ2) is 1.45. The van der Waals surface area contributed by atoms with Gasteiger partial charge in [0.1, 0.15) is 5.84 Å². The molecule has 0 saturated heterocycles. The number of rotatable bonds is 0. The Bertz CT molecular complexity index is 128. The Morgan fingerprint density at radius 2 is 2.25 bits per heavy atom. The molecule has 0 aromatic carbocycles. The van der Waals surface area contributed by atoms with E-state index in [-0.39, 0.29) is 5.72 Å². The predicted molar refractivity (Wildman–Crippen MR) is 31.4 cm³/mol. The Kier molecular flexibility index (Phi) is 1.01. The Hall–Kier alpha value is -0.570. The number of hydrogen-bond donors (Lipinski definition) is 1. The first-order valence-corrected chi connectivity index (χ1v) is 2.61. The third-order valence-corrected chi connectivity index (χ3v) is 0.885. The fraction of sp³-hybridized carbons (Fsp3) is 0.800. The molecule has 1 rings (SSSR count).